The van der Waals surface area contributed by atoms with Crippen molar-refractivity contribution in [1.82, 2.24) is 9.97 Å². The molecule has 0 bridgehead atoms. The van der Waals surface area contributed by atoms with Crippen molar-refractivity contribution in [2.24, 2.45) is 0 Å². The van der Waals surface area contributed by atoms with E-state index >= 15 is 0 Å². The number of benzene rings is 1. The van der Waals surface area contributed by atoms with Crippen LogP contribution in [0.5, 0.6) is 0 Å². The first-order chi connectivity index (χ1) is 8.11. The zero-order chi connectivity index (χ0) is 12.4. The minimum absolute atomic E-state index is 0.00512. The summed E-state index contributed by atoms with van der Waals surface area (Å²) >= 11 is 0. The molecular formula is C12H9F2N2Si. The van der Waals surface area contributed by atoms with Gasteiger partial charge in [-0.2, -0.15) is 0 Å². The van der Waals surface area contributed by atoms with Crippen LogP contribution in [0.2, 0.25) is 0 Å². The van der Waals surface area contributed by atoms with Crippen molar-refractivity contribution in [2.75, 3.05) is 0 Å². The second-order valence-corrected chi connectivity index (χ2v) is 4.01. The highest BCUT2D eigenvalue weighted by atomic mass is 28.1. The molecule has 17 heavy (non-hydrogen) atoms. The molecule has 5 heteroatoms. The number of aromatic nitrogens is 2. The molecule has 0 fully saturated rings. The van der Waals surface area contributed by atoms with E-state index in [-0.39, 0.29) is 5.56 Å². The van der Waals surface area contributed by atoms with Gasteiger partial charge in [-0.15, -0.1) is 0 Å². The Morgan fingerprint density at radius 3 is 2.12 bits per heavy atom. The van der Waals surface area contributed by atoms with Crippen LogP contribution in [0.15, 0.2) is 24.5 Å². The van der Waals surface area contributed by atoms with E-state index in [2.05, 4.69) is 20.2 Å². The maximum Gasteiger partial charge on any atom is 0.159 e. The summed E-state index contributed by atoms with van der Waals surface area (Å²) in [4.78, 5) is 8.11. The lowest BCUT2D eigenvalue weighted by Crippen LogP contribution is -1.95. The molecule has 2 rings (SSSR count). The number of rotatable bonds is 2. The van der Waals surface area contributed by atoms with E-state index in [0.29, 0.717) is 17.4 Å². The van der Waals surface area contributed by atoms with Gasteiger partial charge in [0.1, 0.15) is 11.6 Å². The molecule has 1 aromatic carbocycles. The van der Waals surface area contributed by atoms with E-state index in [4.69, 9.17) is 0 Å². The fourth-order valence-corrected chi connectivity index (χ4v) is 1.55. The summed E-state index contributed by atoms with van der Waals surface area (Å²) in [6, 6.07) is 3.11. The van der Waals surface area contributed by atoms with Crippen molar-refractivity contribution in [1.29, 1.82) is 0 Å². The predicted molar refractivity (Wildman–Crippen MR) is 61.6 cm³/mol. The van der Waals surface area contributed by atoms with Gasteiger partial charge in [-0.1, -0.05) is 0 Å². The van der Waals surface area contributed by atoms with Crippen LogP contribution in [0.25, 0.3) is 11.4 Å². The molecule has 0 unspecified atom stereocenters. The monoisotopic (exact) mass is 247 g/mol. The Balaban J connectivity index is 2.45. The van der Waals surface area contributed by atoms with Crippen molar-refractivity contribution in [2.45, 2.75) is 13.0 Å². The van der Waals surface area contributed by atoms with Crippen LogP contribution in [-0.4, -0.2) is 20.2 Å². The summed E-state index contributed by atoms with van der Waals surface area (Å²) in [6.45, 7) is 1.39. The van der Waals surface area contributed by atoms with Gasteiger partial charge in [-0.05, 0) is 30.7 Å². The molecule has 0 aliphatic rings. The average molecular weight is 247 g/mol. The Kier molecular flexibility index (Phi) is 3.28. The van der Waals surface area contributed by atoms with Crippen LogP contribution in [0.3, 0.4) is 0 Å². The Morgan fingerprint density at radius 1 is 1.12 bits per heavy atom. The lowest BCUT2D eigenvalue weighted by atomic mass is 10.1. The molecular weight excluding hydrogens is 238 g/mol. The van der Waals surface area contributed by atoms with Gasteiger partial charge >= 0.3 is 0 Å². The van der Waals surface area contributed by atoms with Gasteiger partial charge in [-0.25, -0.2) is 18.7 Å². The van der Waals surface area contributed by atoms with Crippen molar-refractivity contribution in [3.05, 3.63) is 47.3 Å². The average Bonchev–Trinajstić information content (AvgIpc) is 2.35. The van der Waals surface area contributed by atoms with Crippen LogP contribution < -0.4 is 0 Å². The molecule has 0 saturated heterocycles. The first kappa shape index (κ1) is 11.9. The van der Waals surface area contributed by atoms with Crippen LogP contribution >= 0.6 is 0 Å². The standard InChI is InChI=1S/C12H9F2N2Si/c1-7-10(13)2-9(3-11(7)14)12-15-4-8(6-17)5-16-12/h2-5H,6H2,1H3. The zero-order valence-electron chi connectivity index (χ0n) is 9.17. The van der Waals surface area contributed by atoms with Crippen molar-refractivity contribution >= 4 is 10.2 Å². The molecule has 2 nitrogen and oxygen atoms in total. The number of halogens is 2. The number of nitrogens with zero attached hydrogens (tertiary/aromatic N) is 2. The zero-order valence-corrected chi connectivity index (χ0v) is 10.2. The second-order valence-electron chi connectivity index (χ2n) is 3.66. The summed E-state index contributed by atoms with van der Waals surface area (Å²) in [5.74, 6) is -0.868. The topological polar surface area (TPSA) is 25.8 Å². The molecule has 0 aliphatic heterocycles. The van der Waals surface area contributed by atoms with Crippen molar-refractivity contribution < 1.29 is 8.78 Å². The van der Waals surface area contributed by atoms with Crippen LogP contribution in [0.4, 0.5) is 8.78 Å². The lowest BCUT2D eigenvalue weighted by Gasteiger charge is -2.04. The minimum atomic E-state index is -0.590. The summed E-state index contributed by atoms with van der Waals surface area (Å²) in [5, 5.41) is 0. The van der Waals surface area contributed by atoms with Gasteiger partial charge in [0.25, 0.3) is 0 Å². The van der Waals surface area contributed by atoms with Gasteiger partial charge < -0.3 is 0 Å². The third-order valence-electron chi connectivity index (χ3n) is 2.45. The van der Waals surface area contributed by atoms with Crippen LogP contribution in [0, 0.1) is 18.6 Å². The number of hydrogen-bond donors (Lipinski definition) is 0. The predicted octanol–water partition coefficient (Wildman–Crippen LogP) is 2.40. The smallest absolute Gasteiger partial charge is 0.159 e. The normalized spacial score (nSPS) is 10.6. The maximum absolute atomic E-state index is 13.4. The van der Waals surface area contributed by atoms with E-state index < -0.39 is 11.6 Å². The van der Waals surface area contributed by atoms with E-state index in [1.54, 1.807) is 12.4 Å². The molecule has 0 amide bonds. The molecule has 3 radical (unpaired) electrons. The quantitative estimate of drug-likeness (QED) is 0.762. The SMILES string of the molecule is Cc1c(F)cc(-c2ncc(C[Si])cn2)cc1F. The highest BCUT2D eigenvalue weighted by molar-refractivity contribution is 6.08. The highest BCUT2D eigenvalue weighted by Gasteiger charge is 2.09. The summed E-state index contributed by atoms with van der Waals surface area (Å²) in [7, 11) is 3.32. The summed E-state index contributed by atoms with van der Waals surface area (Å²) < 4.78 is 26.7. The van der Waals surface area contributed by atoms with Gasteiger partial charge in [0.2, 0.25) is 0 Å². The minimum Gasteiger partial charge on any atom is -0.236 e. The fourth-order valence-electron chi connectivity index (χ4n) is 1.37. The molecule has 0 saturated carbocycles. The fraction of sp³-hybridized carbons (Fsp3) is 0.167. The van der Waals surface area contributed by atoms with E-state index in [1.165, 1.54) is 19.1 Å². The third kappa shape index (κ3) is 2.39. The molecule has 2 aromatic rings. The first-order valence-electron chi connectivity index (χ1n) is 5.03. The Morgan fingerprint density at radius 2 is 1.65 bits per heavy atom. The first-order valence-corrected chi connectivity index (χ1v) is 5.74. The largest absolute Gasteiger partial charge is 0.236 e. The number of hydrogen-bond acceptors (Lipinski definition) is 2. The van der Waals surface area contributed by atoms with Crippen molar-refractivity contribution in [3.8, 4) is 11.4 Å². The molecule has 1 aromatic heterocycles. The molecule has 85 valence electrons. The molecule has 0 aliphatic carbocycles. The highest BCUT2D eigenvalue weighted by Crippen LogP contribution is 2.21. The maximum atomic E-state index is 13.4. The summed E-state index contributed by atoms with van der Waals surface area (Å²) in [6.07, 6.45) is 3.23. The van der Waals surface area contributed by atoms with Crippen molar-refractivity contribution in [3.63, 3.8) is 0 Å². The lowest BCUT2D eigenvalue weighted by molar-refractivity contribution is 0.568. The van der Waals surface area contributed by atoms with Gasteiger partial charge in [-0.3, -0.25) is 0 Å². The second kappa shape index (κ2) is 4.71. The van der Waals surface area contributed by atoms with Crippen LogP contribution in [0.1, 0.15) is 11.1 Å². The van der Waals surface area contributed by atoms with Crippen LogP contribution in [-0.2, 0) is 6.04 Å². The molecule has 0 spiro atoms. The Hall–Kier alpha value is -1.62. The van der Waals surface area contributed by atoms with Gasteiger partial charge in [0.15, 0.2) is 5.82 Å². The Bertz CT molecular complexity index is 518. The van der Waals surface area contributed by atoms with Gasteiger partial charge in [0, 0.05) is 33.8 Å². The molecule has 0 N–H and O–H groups in total. The van der Waals surface area contributed by atoms with E-state index in [9.17, 15) is 8.78 Å². The van der Waals surface area contributed by atoms with E-state index in [0.717, 1.165) is 5.56 Å². The van der Waals surface area contributed by atoms with E-state index in [1.807, 2.05) is 0 Å². The molecule has 0 atom stereocenters. The molecule has 1 heterocycles. The third-order valence-corrected chi connectivity index (χ3v) is 2.86. The van der Waals surface area contributed by atoms with Gasteiger partial charge in [0.05, 0.1) is 0 Å². The Labute approximate surface area is 101 Å². The summed E-state index contributed by atoms with van der Waals surface area (Å²) in [5.41, 5.74) is 1.25.